The van der Waals surface area contributed by atoms with Gasteiger partial charge in [-0.25, -0.2) is 0 Å². The van der Waals surface area contributed by atoms with Gasteiger partial charge in [0.1, 0.15) is 0 Å². The third-order valence-electron chi connectivity index (χ3n) is 2.18. The molecule has 5 nitrogen and oxygen atoms in total. The maximum atomic E-state index is 11.7. The Morgan fingerprint density at radius 3 is 2.69 bits per heavy atom. The molecule has 0 bridgehead atoms. The third-order valence-corrected chi connectivity index (χ3v) is 2.61. The highest BCUT2D eigenvalue weighted by Crippen LogP contribution is 2.20. The molecule has 2 rings (SSSR count). The van der Waals surface area contributed by atoms with Gasteiger partial charge in [-0.05, 0) is 41.9 Å². The van der Waals surface area contributed by atoms with Gasteiger partial charge in [-0.15, -0.1) is 0 Å². The second kappa shape index (κ2) is 4.13. The number of furan rings is 1. The summed E-state index contributed by atoms with van der Waals surface area (Å²) in [6, 6.07) is 3.21. The van der Waals surface area contributed by atoms with Gasteiger partial charge in [0.15, 0.2) is 10.4 Å². The van der Waals surface area contributed by atoms with Crippen molar-refractivity contribution < 1.29 is 13.7 Å². The predicted molar refractivity (Wildman–Crippen MR) is 60.3 cm³/mol. The minimum atomic E-state index is -0.370. The zero-order valence-electron chi connectivity index (χ0n) is 8.70. The lowest BCUT2D eigenvalue weighted by Crippen LogP contribution is -2.10. The molecule has 2 heterocycles. The van der Waals surface area contributed by atoms with E-state index in [4.69, 9.17) is 8.94 Å². The molecule has 0 atom stereocenters. The number of rotatable bonds is 2. The number of nitrogens with zero attached hydrogens (tertiary/aromatic N) is 1. The van der Waals surface area contributed by atoms with Crippen molar-refractivity contribution in [2.24, 2.45) is 0 Å². The quantitative estimate of drug-likeness (QED) is 0.921. The average Bonchev–Trinajstić information content (AvgIpc) is 2.79. The topological polar surface area (TPSA) is 68.3 Å². The Kier molecular flexibility index (Phi) is 2.82. The van der Waals surface area contributed by atoms with Crippen LogP contribution in [0.15, 0.2) is 25.7 Å². The molecular weight excluding hydrogens is 276 g/mol. The van der Waals surface area contributed by atoms with Crippen LogP contribution in [0, 0.1) is 13.8 Å². The third kappa shape index (κ3) is 2.01. The van der Waals surface area contributed by atoms with Gasteiger partial charge in [-0.1, -0.05) is 5.16 Å². The molecule has 0 radical (unpaired) electrons. The van der Waals surface area contributed by atoms with Gasteiger partial charge in [0, 0.05) is 5.56 Å². The van der Waals surface area contributed by atoms with Crippen LogP contribution in [-0.4, -0.2) is 11.1 Å². The Morgan fingerprint density at radius 2 is 2.19 bits per heavy atom. The van der Waals surface area contributed by atoms with E-state index < -0.39 is 0 Å². The summed E-state index contributed by atoms with van der Waals surface area (Å²) in [7, 11) is 0. The van der Waals surface area contributed by atoms with Gasteiger partial charge in [0.25, 0.3) is 5.91 Å². The summed E-state index contributed by atoms with van der Waals surface area (Å²) in [6.07, 6.45) is 0. The summed E-state index contributed by atoms with van der Waals surface area (Å²) in [6.45, 7) is 3.62. The number of halogens is 1. The molecule has 1 N–H and O–H groups in total. The van der Waals surface area contributed by atoms with Crippen LogP contribution in [0.2, 0.25) is 0 Å². The van der Waals surface area contributed by atoms with E-state index in [0.29, 0.717) is 10.6 Å². The van der Waals surface area contributed by atoms with E-state index in [1.54, 1.807) is 19.1 Å². The molecule has 84 valence electrons. The van der Waals surface area contributed by atoms with Crippen LogP contribution in [0.3, 0.4) is 0 Å². The molecule has 0 saturated heterocycles. The van der Waals surface area contributed by atoms with E-state index in [-0.39, 0.29) is 11.7 Å². The predicted octanol–water partition coefficient (Wildman–Crippen LogP) is 2.90. The van der Waals surface area contributed by atoms with Gasteiger partial charge in [-0.2, -0.15) is 0 Å². The molecule has 0 fully saturated rings. The Morgan fingerprint density at radius 1 is 1.44 bits per heavy atom. The smallest absolute Gasteiger partial charge is 0.293 e. The summed E-state index contributed by atoms with van der Waals surface area (Å²) in [5.74, 6) is 0.181. The number of nitrogens with one attached hydrogen (secondary N) is 1. The number of carbonyl (C=O) groups excluding carboxylic acids is 1. The van der Waals surface area contributed by atoms with Gasteiger partial charge in [-0.3, -0.25) is 10.1 Å². The van der Waals surface area contributed by atoms with Gasteiger partial charge < -0.3 is 8.94 Å². The van der Waals surface area contributed by atoms with Gasteiger partial charge >= 0.3 is 0 Å². The van der Waals surface area contributed by atoms with E-state index in [9.17, 15) is 4.79 Å². The van der Waals surface area contributed by atoms with Crippen molar-refractivity contribution in [2.45, 2.75) is 13.8 Å². The molecule has 2 aromatic rings. The van der Waals surface area contributed by atoms with Crippen LogP contribution in [0.5, 0.6) is 0 Å². The van der Waals surface area contributed by atoms with Crippen molar-refractivity contribution in [3.63, 3.8) is 0 Å². The van der Waals surface area contributed by atoms with Crippen LogP contribution >= 0.6 is 15.9 Å². The first-order chi connectivity index (χ1) is 7.58. The number of aromatic nitrogens is 1. The summed E-state index contributed by atoms with van der Waals surface area (Å²) in [5.41, 5.74) is 1.55. The molecular formula is C10H9BrN2O3. The van der Waals surface area contributed by atoms with Crippen LogP contribution in [0.25, 0.3) is 0 Å². The van der Waals surface area contributed by atoms with Crippen molar-refractivity contribution in [2.75, 3.05) is 5.32 Å². The number of anilines is 1. The first kappa shape index (κ1) is 10.9. The highest BCUT2D eigenvalue weighted by molar-refractivity contribution is 9.10. The molecule has 0 spiro atoms. The Bertz CT molecular complexity index is 530. The molecule has 2 aromatic heterocycles. The normalized spacial score (nSPS) is 10.4. The standard InChI is InChI=1S/C10H9BrN2O3/c1-5-6(2)13-16-10(5)12-9(14)7-3-4-8(11)15-7/h3-4H,1-2H3,(H,12,14). The Balaban J connectivity index is 2.17. The number of aryl methyl sites for hydroxylation is 1. The lowest BCUT2D eigenvalue weighted by molar-refractivity contribution is 0.0992. The summed E-state index contributed by atoms with van der Waals surface area (Å²) in [4.78, 5) is 11.7. The van der Waals surface area contributed by atoms with Crippen LogP contribution in [0.1, 0.15) is 21.8 Å². The van der Waals surface area contributed by atoms with E-state index in [1.807, 2.05) is 6.92 Å². The van der Waals surface area contributed by atoms with Crippen molar-refractivity contribution in [3.8, 4) is 0 Å². The largest absolute Gasteiger partial charge is 0.444 e. The van der Waals surface area contributed by atoms with Gasteiger partial charge in [0.2, 0.25) is 5.88 Å². The molecule has 0 aliphatic heterocycles. The SMILES string of the molecule is Cc1noc(NC(=O)c2ccc(Br)o2)c1C. The van der Waals surface area contributed by atoms with E-state index in [0.717, 1.165) is 11.3 Å². The van der Waals surface area contributed by atoms with Crippen LogP contribution in [0.4, 0.5) is 5.88 Å². The first-order valence-electron chi connectivity index (χ1n) is 4.57. The zero-order valence-corrected chi connectivity index (χ0v) is 10.3. The maximum Gasteiger partial charge on any atom is 0.293 e. The second-order valence-corrected chi connectivity index (χ2v) is 4.06. The first-order valence-corrected chi connectivity index (χ1v) is 5.37. The van der Waals surface area contributed by atoms with Crippen LogP contribution in [-0.2, 0) is 0 Å². The molecule has 0 aliphatic carbocycles. The van der Waals surface area contributed by atoms with E-state index in [1.165, 1.54) is 0 Å². The lowest BCUT2D eigenvalue weighted by Gasteiger charge is -1.98. The molecule has 0 aliphatic rings. The number of hydrogen-bond donors (Lipinski definition) is 1. The highest BCUT2D eigenvalue weighted by Gasteiger charge is 2.15. The summed E-state index contributed by atoms with van der Waals surface area (Å²) >= 11 is 3.12. The van der Waals surface area contributed by atoms with Crippen LogP contribution < -0.4 is 5.32 Å². The molecule has 0 unspecified atom stereocenters. The van der Waals surface area contributed by atoms with E-state index >= 15 is 0 Å². The minimum Gasteiger partial charge on any atom is -0.444 e. The van der Waals surface area contributed by atoms with E-state index in [2.05, 4.69) is 26.4 Å². The fourth-order valence-corrected chi connectivity index (χ4v) is 1.44. The lowest BCUT2D eigenvalue weighted by atomic mass is 10.3. The molecule has 1 amide bonds. The second-order valence-electron chi connectivity index (χ2n) is 3.28. The zero-order chi connectivity index (χ0) is 11.7. The Labute approximate surface area is 99.9 Å². The minimum absolute atomic E-state index is 0.209. The fourth-order valence-electron chi connectivity index (χ4n) is 1.13. The highest BCUT2D eigenvalue weighted by atomic mass is 79.9. The molecule has 0 saturated carbocycles. The number of carbonyl (C=O) groups is 1. The molecule has 16 heavy (non-hydrogen) atoms. The summed E-state index contributed by atoms with van der Waals surface area (Å²) < 4.78 is 10.6. The summed E-state index contributed by atoms with van der Waals surface area (Å²) in [5, 5.41) is 6.32. The van der Waals surface area contributed by atoms with Crippen molar-refractivity contribution >= 4 is 27.7 Å². The monoisotopic (exact) mass is 284 g/mol. The van der Waals surface area contributed by atoms with Crippen molar-refractivity contribution in [1.82, 2.24) is 5.16 Å². The Hall–Kier alpha value is -1.56. The number of hydrogen-bond acceptors (Lipinski definition) is 4. The van der Waals surface area contributed by atoms with Crippen molar-refractivity contribution in [3.05, 3.63) is 33.8 Å². The van der Waals surface area contributed by atoms with Gasteiger partial charge in [0.05, 0.1) is 5.69 Å². The average molecular weight is 285 g/mol. The van der Waals surface area contributed by atoms with Crippen molar-refractivity contribution in [1.29, 1.82) is 0 Å². The number of amides is 1. The fraction of sp³-hybridized carbons (Fsp3) is 0.200. The molecule has 6 heteroatoms. The molecule has 0 aromatic carbocycles. The maximum absolute atomic E-state index is 11.7.